The van der Waals surface area contributed by atoms with Crippen LogP contribution in [0.1, 0.15) is 33.1 Å². The number of piperidine rings is 1. The molecule has 4 nitrogen and oxygen atoms in total. The van der Waals surface area contributed by atoms with Gasteiger partial charge in [0.05, 0.1) is 4.47 Å². The number of rotatable bonds is 7. The van der Waals surface area contributed by atoms with Crippen molar-refractivity contribution < 1.29 is 9.53 Å². The molecule has 142 valence electrons. The molecule has 1 saturated heterocycles. The van der Waals surface area contributed by atoms with Gasteiger partial charge >= 0.3 is 0 Å². The van der Waals surface area contributed by atoms with Gasteiger partial charge in [-0.25, -0.2) is 0 Å². The van der Waals surface area contributed by atoms with Crippen LogP contribution in [0.4, 0.5) is 0 Å². The lowest BCUT2D eigenvalue weighted by Gasteiger charge is -2.35. The highest BCUT2D eigenvalue weighted by Crippen LogP contribution is 2.28. The first-order valence-electron chi connectivity index (χ1n) is 8.87. The maximum absolute atomic E-state index is 12.9. The second-order valence-electron chi connectivity index (χ2n) is 6.87. The Hall–Kier alpha value is -0.780. The van der Waals surface area contributed by atoms with Crippen LogP contribution in [0, 0.1) is 11.8 Å². The van der Waals surface area contributed by atoms with E-state index in [1.54, 1.807) is 0 Å². The fourth-order valence-electron chi connectivity index (χ4n) is 3.12. The van der Waals surface area contributed by atoms with Gasteiger partial charge in [0.15, 0.2) is 6.10 Å². The molecule has 25 heavy (non-hydrogen) atoms. The van der Waals surface area contributed by atoms with Gasteiger partial charge in [-0.1, -0.05) is 26.0 Å². The van der Waals surface area contributed by atoms with Gasteiger partial charge < -0.3 is 15.0 Å². The minimum absolute atomic E-state index is 0. The molecule has 0 spiro atoms. The lowest BCUT2D eigenvalue weighted by Crippen LogP contribution is -2.48. The van der Waals surface area contributed by atoms with E-state index in [-0.39, 0.29) is 24.2 Å². The van der Waals surface area contributed by atoms with E-state index in [1.807, 2.05) is 50.1 Å². The Labute approximate surface area is 166 Å². The van der Waals surface area contributed by atoms with Crippen molar-refractivity contribution in [3.8, 4) is 5.75 Å². The summed E-state index contributed by atoms with van der Waals surface area (Å²) in [6.07, 6.45) is 2.94. The van der Waals surface area contributed by atoms with Crippen molar-refractivity contribution in [3.63, 3.8) is 0 Å². The smallest absolute Gasteiger partial charge is 0.263 e. The normalized spacial score (nSPS) is 16.4. The average Bonchev–Trinajstić information content (AvgIpc) is 2.59. The van der Waals surface area contributed by atoms with Gasteiger partial charge in [0, 0.05) is 13.1 Å². The van der Waals surface area contributed by atoms with Crippen LogP contribution in [0.3, 0.4) is 0 Å². The Kier molecular flexibility index (Phi) is 9.83. The van der Waals surface area contributed by atoms with E-state index >= 15 is 0 Å². The van der Waals surface area contributed by atoms with Crippen LogP contribution < -0.4 is 10.1 Å². The van der Waals surface area contributed by atoms with Crippen molar-refractivity contribution in [2.45, 2.75) is 39.2 Å². The predicted molar refractivity (Wildman–Crippen MR) is 108 cm³/mol. The Morgan fingerprint density at radius 1 is 1.32 bits per heavy atom. The van der Waals surface area contributed by atoms with Gasteiger partial charge in [-0.15, -0.1) is 12.4 Å². The molecule has 1 aliphatic heterocycles. The third-order valence-corrected chi connectivity index (χ3v) is 5.32. The Morgan fingerprint density at radius 3 is 2.52 bits per heavy atom. The van der Waals surface area contributed by atoms with Crippen LogP contribution in [0.15, 0.2) is 28.7 Å². The molecule has 1 fully saturated rings. The van der Waals surface area contributed by atoms with Crippen molar-refractivity contribution in [1.29, 1.82) is 0 Å². The van der Waals surface area contributed by atoms with Crippen LogP contribution in [0.25, 0.3) is 0 Å². The first kappa shape index (κ1) is 22.3. The Bertz CT molecular complexity index is 534. The molecule has 0 saturated carbocycles. The minimum Gasteiger partial charge on any atom is -0.479 e. The number of ether oxygens (including phenoxy) is 1. The average molecular weight is 434 g/mol. The second kappa shape index (κ2) is 11.0. The molecule has 0 bridgehead atoms. The van der Waals surface area contributed by atoms with Crippen LogP contribution >= 0.6 is 28.3 Å². The number of amides is 1. The standard InChI is InChI=1S/C19H29BrN2O2.ClH/c1-14(2)18(24-17-7-5-4-6-16(17)20)19(23)22-12-9-15(10-13-22)8-11-21-3;/h4-7,14-15,18,21H,8-13H2,1-3H3;1H. The van der Waals surface area contributed by atoms with Crippen LogP contribution in [-0.4, -0.2) is 43.6 Å². The number of hydrogen-bond acceptors (Lipinski definition) is 3. The molecular formula is C19H30BrClN2O2. The van der Waals surface area contributed by atoms with Gasteiger partial charge in [0.1, 0.15) is 5.75 Å². The number of nitrogens with zero attached hydrogens (tertiary/aromatic N) is 1. The topological polar surface area (TPSA) is 41.6 Å². The third kappa shape index (κ3) is 6.46. The Morgan fingerprint density at radius 2 is 1.96 bits per heavy atom. The molecule has 1 amide bonds. The summed E-state index contributed by atoms with van der Waals surface area (Å²) in [7, 11) is 1.99. The maximum Gasteiger partial charge on any atom is 0.263 e. The van der Waals surface area contributed by atoms with E-state index in [2.05, 4.69) is 21.2 Å². The SMILES string of the molecule is CNCCC1CCN(C(=O)C(Oc2ccccc2Br)C(C)C)CC1.Cl. The first-order chi connectivity index (χ1) is 11.5. The molecule has 1 atom stereocenters. The number of para-hydroxylation sites is 1. The molecule has 1 unspecified atom stereocenters. The largest absolute Gasteiger partial charge is 0.479 e. The minimum atomic E-state index is -0.433. The lowest BCUT2D eigenvalue weighted by molar-refractivity contribution is -0.142. The lowest BCUT2D eigenvalue weighted by atomic mass is 9.93. The third-order valence-electron chi connectivity index (χ3n) is 4.67. The molecule has 0 aromatic heterocycles. The maximum atomic E-state index is 12.9. The summed E-state index contributed by atoms with van der Waals surface area (Å²) in [5.74, 6) is 1.70. The number of nitrogens with one attached hydrogen (secondary N) is 1. The summed E-state index contributed by atoms with van der Waals surface area (Å²) in [5.41, 5.74) is 0. The van der Waals surface area contributed by atoms with Crippen molar-refractivity contribution in [2.24, 2.45) is 11.8 Å². The van der Waals surface area contributed by atoms with Crippen LogP contribution in [0.5, 0.6) is 5.75 Å². The predicted octanol–water partition coefficient (Wildman–Crippen LogP) is 4.12. The number of benzene rings is 1. The van der Waals surface area contributed by atoms with E-state index in [4.69, 9.17) is 4.74 Å². The molecule has 2 rings (SSSR count). The highest BCUT2D eigenvalue weighted by atomic mass is 79.9. The molecular weight excluding hydrogens is 404 g/mol. The van der Waals surface area contributed by atoms with Gasteiger partial charge in [-0.2, -0.15) is 0 Å². The molecule has 0 radical (unpaired) electrons. The van der Waals surface area contributed by atoms with Crippen molar-refractivity contribution in [2.75, 3.05) is 26.7 Å². The monoisotopic (exact) mass is 432 g/mol. The van der Waals surface area contributed by atoms with Crippen molar-refractivity contribution in [1.82, 2.24) is 10.2 Å². The summed E-state index contributed by atoms with van der Waals surface area (Å²) in [4.78, 5) is 14.9. The van der Waals surface area contributed by atoms with Gasteiger partial charge in [0.2, 0.25) is 0 Å². The summed E-state index contributed by atoms with van der Waals surface area (Å²) in [6.45, 7) is 6.82. The van der Waals surface area contributed by atoms with Crippen LogP contribution in [0.2, 0.25) is 0 Å². The van der Waals surface area contributed by atoms with Crippen LogP contribution in [-0.2, 0) is 4.79 Å². The molecule has 1 N–H and O–H groups in total. The zero-order chi connectivity index (χ0) is 17.5. The second-order valence-corrected chi connectivity index (χ2v) is 7.73. The summed E-state index contributed by atoms with van der Waals surface area (Å²) in [5, 5.41) is 3.21. The summed E-state index contributed by atoms with van der Waals surface area (Å²) < 4.78 is 6.95. The number of likely N-dealkylation sites (tertiary alicyclic amines) is 1. The first-order valence-corrected chi connectivity index (χ1v) is 9.66. The van der Waals surface area contributed by atoms with E-state index < -0.39 is 6.10 Å². The van der Waals surface area contributed by atoms with E-state index in [0.717, 1.165) is 48.6 Å². The van der Waals surface area contributed by atoms with Gasteiger partial charge in [-0.05, 0) is 72.8 Å². The fourth-order valence-corrected chi connectivity index (χ4v) is 3.50. The van der Waals surface area contributed by atoms with Crippen molar-refractivity contribution >= 4 is 34.2 Å². The molecule has 1 aliphatic rings. The van der Waals surface area contributed by atoms with E-state index in [0.29, 0.717) is 0 Å². The number of carbonyl (C=O) groups excluding carboxylic acids is 1. The van der Waals surface area contributed by atoms with E-state index in [1.165, 1.54) is 6.42 Å². The highest BCUT2D eigenvalue weighted by Gasteiger charge is 2.31. The zero-order valence-electron chi connectivity index (χ0n) is 15.3. The Balaban J connectivity index is 0.00000312. The molecule has 6 heteroatoms. The highest BCUT2D eigenvalue weighted by molar-refractivity contribution is 9.10. The zero-order valence-corrected chi connectivity index (χ0v) is 17.7. The molecule has 1 heterocycles. The van der Waals surface area contributed by atoms with Gasteiger partial charge in [-0.3, -0.25) is 4.79 Å². The fraction of sp³-hybridized carbons (Fsp3) is 0.632. The summed E-state index contributed by atoms with van der Waals surface area (Å²) in [6, 6.07) is 7.70. The molecule has 1 aromatic carbocycles. The molecule has 1 aromatic rings. The summed E-state index contributed by atoms with van der Waals surface area (Å²) >= 11 is 3.50. The van der Waals surface area contributed by atoms with E-state index in [9.17, 15) is 4.79 Å². The van der Waals surface area contributed by atoms with Crippen molar-refractivity contribution in [3.05, 3.63) is 28.7 Å². The number of carbonyl (C=O) groups is 1. The van der Waals surface area contributed by atoms with Gasteiger partial charge in [0.25, 0.3) is 5.91 Å². The molecule has 0 aliphatic carbocycles. The quantitative estimate of drug-likeness (QED) is 0.703. The number of hydrogen-bond donors (Lipinski definition) is 1. The number of halogens is 2.